The zero-order chi connectivity index (χ0) is 23.5. The molecule has 5 nitrogen and oxygen atoms in total. The summed E-state index contributed by atoms with van der Waals surface area (Å²) in [6.07, 6.45) is 1.98. The second-order valence-electron chi connectivity index (χ2n) is 8.27. The summed E-state index contributed by atoms with van der Waals surface area (Å²) in [5.41, 5.74) is 5.82. The lowest BCUT2D eigenvalue weighted by Crippen LogP contribution is -2.31. The molecule has 0 radical (unpaired) electrons. The van der Waals surface area contributed by atoms with Gasteiger partial charge in [0.1, 0.15) is 0 Å². The topological polar surface area (TPSA) is 82.0 Å². The van der Waals surface area contributed by atoms with Crippen molar-refractivity contribution in [2.75, 3.05) is 11.1 Å². The van der Waals surface area contributed by atoms with Crippen LogP contribution in [-0.2, 0) is 9.59 Å². The van der Waals surface area contributed by atoms with Gasteiger partial charge in [-0.2, -0.15) is 5.26 Å². The van der Waals surface area contributed by atoms with Crippen LogP contribution >= 0.6 is 23.4 Å². The number of ketones is 1. The predicted octanol–water partition coefficient (Wildman–Crippen LogP) is 5.76. The number of allylic oxidation sites excluding steroid dienone is 3. The van der Waals surface area contributed by atoms with E-state index in [2.05, 4.69) is 16.7 Å². The Hall–Kier alpha value is -3.01. The van der Waals surface area contributed by atoms with Crippen molar-refractivity contribution in [1.29, 1.82) is 5.26 Å². The molecule has 2 aromatic rings. The highest BCUT2D eigenvalue weighted by Gasteiger charge is 2.37. The van der Waals surface area contributed by atoms with Gasteiger partial charge in [0, 0.05) is 28.4 Å². The van der Waals surface area contributed by atoms with Gasteiger partial charge in [0.2, 0.25) is 5.91 Å². The second-order valence-corrected chi connectivity index (χ2v) is 9.69. The van der Waals surface area contributed by atoms with E-state index in [1.165, 1.54) is 11.8 Å². The molecule has 1 aliphatic carbocycles. The zero-order valence-corrected chi connectivity index (χ0v) is 20.1. The number of carbonyl (C=O) groups excluding carboxylic acids is 2. The van der Waals surface area contributed by atoms with E-state index in [9.17, 15) is 14.9 Å². The first-order chi connectivity index (χ1) is 15.9. The molecule has 1 aliphatic heterocycles. The number of aryl methyl sites for hydroxylation is 2. The molecule has 0 saturated carbocycles. The van der Waals surface area contributed by atoms with Crippen LogP contribution in [0.3, 0.4) is 0 Å². The zero-order valence-electron chi connectivity index (χ0n) is 18.5. The number of nitriles is 1. The molecule has 0 aromatic heterocycles. The number of carbonyl (C=O) groups is 2. The van der Waals surface area contributed by atoms with Crippen LogP contribution < -0.4 is 10.6 Å². The Morgan fingerprint density at radius 2 is 1.94 bits per heavy atom. The molecule has 0 saturated heterocycles. The summed E-state index contributed by atoms with van der Waals surface area (Å²) < 4.78 is 0. The molecule has 0 spiro atoms. The molecule has 1 amide bonds. The van der Waals surface area contributed by atoms with Crippen LogP contribution in [0, 0.1) is 25.2 Å². The third kappa shape index (κ3) is 5.00. The first-order valence-corrected chi connectivity index (χ1v) is 12.2. The number of hydrogen-bond acceptors (Lipinski definition) is 5. The maximum atomic E-state index is 12.8. The van der Waals surface area contributed by atoms with Crippen molar-refractivity contribution in [3.05, 3.63) is 86.0 Å². The monoisotopic (exact) mass is 477 g/mol. The van der Waals surface area contributed by atoms with Crippen LogP contribution in [0.5, 0.6) is 0 Å². The number of anilines is 1. The second kappa shape index (κ2) is 9.86. The Balaban J connectivity index is 1.59. The van der Waals surface area contributed by atoms with Gasteiger partial charge in [0.15, 0.2) is 5.78 Å². The van der Waals surface area contributed by atoms with Gasteiger partial charge in [-0.3, -0.25) is 9.59 Å². The summed E-state index contributed by atoms with van der Waals surface area (Å²) in [4.78, 5) is 25.5. The minimum Gasteiger partial charge on any atom is -0.352 e. The Labute approximate surface area is 202 Å². The number of dihydropyridines is 1. The minimum atomic E-state index is -0.457. The molecule has 0 unspecified atom stereocenters. The standard InChI is InChI=1S/C26H24ClN3O2S/c1-15-6-11-19(12-16(15)2)29-23(32)14-33-26-20(13-28)24(17-7-9-18(27)10-8-17)25-21(30-26)4-3-5-22(25)31/h6-12,24,30H,3-5,14H2,1-2H3,(H,29,32)/t24-/m1/s1. The lowest BCUT2D eigenvalue weighted by molar-refractivity contribution is -0.116. The summed E-state index contributed by atoms with van der Waals surface area (Å²) >= 11 is 7.35. The smallest absolute Gasteiger partial charge is 0.234 e. The maximum absolute atomic E-state index is 12.8. The third-order valence-corrected chi connectivity index (χ3v) is 7.27. The van der Waals surface area contributed by atoms with Crippen molar-refractivity contribution < 1.29 is 9.59 Å². The van der Waals surface area contributed by atoms with E-state index in [1.807, 2.05) is 44.2 Å². The fraction of sp³-hybridized carbons (Fsp3) is 0.269. The van der Waals surface area contributed by atoms with E-state index in [4.69, 9.17) is 11.6 Å². The van der Waals surface area contributed by atoms with E-state index < -0.39 is 5.92 Å². The van der Waals surface area contributed by atoms with Crippen molar-refractivity contribution in [3.63, 3.8) is 0 Å². The van der Waals surface area contributed by atoms with Gasteiger partial charge in [0.25, 0.3) is 0 Å². The van der Waals surface area contributed by atoms with Crippen molar-refractivity contribution in [2.24, 2.45) is 0 Å². The van der Waals surface area contributed by atoms with Crippen molar-refractivity contribution in [2.45, 2.75) is 39.0 Å². The molecule has 33 heavy (non-hydrogen) atoms. The number of benzene rings is 2. The first-order valence-electron chi connectivity index (χ1n) is 10.8. The van der Waals surface area contributed by atoms with Crippen LogP contribution in [0.1, 0.15) is 41.9 Å². The number of thioether (sulfide) groups is 1. The van der Waals surface area contributed by atoms with E-state index in [1.54, 1.807) is 12.1 Å². The molecule has 168 valence electrons. The molecule has 2 aromatic carbocycles. The number of nitrogens with one attached hydrogen (secondary N) is 2. The number of halogens is 1. The van der Waals surface area contributed by atoms with Gasteiger partial charge in [-0.15, -0.1) is 0 Å². The molecule has 4 rings (SSSR count). The quantitative estimate of drug-likeness (QED) is 0.572. The third-order valence-electron chi connectivity index (χ3n) is 6.00. The SMILES string of the molecule is Cc1ccc(NC(=O)CSC2=C(C#N)[C@@H](c3ccc(Cl)cc3)C3=C(CCCC3=O)N2)cc1C. The predicted molar refractivity (Wildman–Crippen MR) is 133 cm³/mol. The van der Waals surface area contributed by atoms with E-state index in [-0.39, 0.29) is 17.4 Å². The summed E-state index contributed by atoms with van der Waals surface area (Å²) in [7, 11) is 0. The first kappa shape index (κ1) is 23.2. The summed E-state index contributed by atoms with van der Waals surface area (Å²) in [5.74, 6) is -0.406. The van der Waals surface area contributed by atoms with E-state index >= 15 is 0 Å². The van der Waals surface area contributed by atoms with Crippen LogP contribution in [0.4, 0.5) is 5.69 Å². The molecular weight excluding hydrogens is 454 g/mol. The molecule has 2 N–H and O–H groups in total. The lowest BCUT2D eigenvalue weighted by Gasteiger charge is -2.33. The summed E-state index contributed by atoms with van der Waals surface area (Å²) in [6.45, 7) is 4.03. The molecule has 1 heterocycles. The highest BCUT2D eigenvalue weighted by atomic mass is 35.5. The van der Waals surface area contributed by atoms with Crippen molar-refractivity contribution in [3.8, 4) is 6.07 Å². The maximum Gasteiger partial charge on any atom is 0.234 e. The normalized spacial score (nSPS) is 17.9. The lowest BCUT2D eigenvalue weighted by atomic mass is 9.77. The van der Waals surface area contributed by atoms with Crippen LogP contribution in [0.25, 0.3) is 0 Å². The molecule has 1 atom stereocenters. The van der Waals surface area contributed by atoms with Crippen LogP contribution in [-0.4, -0.2) is 17.4 Å². The van der Waals surface area contributed by atoms with Gasteiger partial charge in [-0.1, -0.05) is 41.6 Å². The minimum absolute atomic E-state index is 0.0629. The summed E-state index contributed by atoms with van der Waals surface area (Å²) in [5, 5.41) is 17.5. The largest absolute Gasteiger partial charge is 0.352 e. The molecule has 0 bridgehead atoms. The van der Waals surface area contributed by atoms with Crippen molar-refractivity contribution in [1.82, 2.24) is 5.32 Å². The van der Waals surface area contributed by atoms with E-state index in [0.29, 0.717) is 27.6 Å². The van der Waals surface area contributed by atoms with Gasteiger partial charge in [-0.05, 0) is 67.6 Å². The van der Waals surface area contributed by atoms with E-state index in [0.717, 1.165) is 40.9 Å². The van der Waals surface area contributed by atoms with Crippen LogP contribution in [0.2, 0.25) is 5.02 Å². The molecule has 0 fully saturated rings. The molecule has 7 heteroatoms. The van der Waals surface area contributed by atoms with Crippen LogP contribution in [0.15, 0.2) is 64.3 Å². The highest BCUT2D eigenvalue weighted by molar-refractivity contribution is 8.03. The number of nitrogens with zero attached hydrogens (tertiary/aromatic N) is 1. The summed E-state index contributed by atoms with van der Waals surface area (Å²) in [6, 6.07) is 15.4. The number of rotatable bonds is 5. The average Bonchev–Trinajstić information content (AvgIpc) is 2.80. The number of hydrogen-bond donors (Lipinski definition) is 2. The average molecular weight is 478 g/mol. The Kier molecular flexibility index (Phi) is 6.92. The fourth-order valence-electron chi connectivity index (χ4n) is 4.18. The fourth-order valence-corrected chi connectivity index (χ4v) is 5.17. The Morgan fingerprint density at radius 3 is 2.64 bits per heavy atom. The van der Waals surface area contributed by atoms with Gasteiger partial charge >= 0.3 is 0 Å². The molecular formula is C26H24ClN3O2S. The van der Waals surface area contributed by atoms with Gasteiger partial charge in [0.05, 0.1) is 28.3 Å². The Bertz CT molecular complexity index is 1230. The number of Topliss-reactive ketones (excluding diaryl/α,β-unsaturated/α-hetero) is 1. The molecule has 2 aliphatic rings. The number of amides is 1. The van der Waals surface area contributed by atoms with Gasteiger partial charge < -0.3 is 10.6 Å². The van der Waals surface area contributed by atoms with Gasteiger partial charge in [-0.25, -0.2) is 0 Å². The highest BCUT2D eigenvalue weighted by Crippen LogP contribution is 2.44. The Morgan fingerprint density at radius 1 is 1.18 bits per heavy atom. The van der Waals surface area contributed by atoms with Crippen molar-refractivity contribution >= 4 is 40.7 Å².